The molecule has 2 heterocycles. The molecule has 34 heavy (non-hydrogen) atoms. The third-order valence-corrected chi connectivity index (χ3v) is 7.22. The summed E-state index contributed by atoms with van der Waals surface area (Å²) in [5.41, 5.74) is 2.32. The molecular formula is C26H15BrClNO4S. The van der Waals surface area contributed by atoms with Crippen molar-refractivity contribution in [2.75, 3.05) is 0 Å². The van der Waals surface area contributed by atoms with E-state index in [2.05, 4.69) is 20.9 Å². The van der Waals surface area contributed by atoms with Crippen molar-refractivity contribution in [1.82, 2.24) is 0 Å². The average molecular weight is 553 g/mol. The number of carbonyl (C=O) groups is 2. The molecule has 5 nitrogen and oxygen atoms in total. The molecule has 0 saturated carbocycles. The van der Waals surface area contributed by atoms with E-state index in [1.165, 1.54) is 17.4 Å². The van der Waals surface area contributed by atoms with Crippen molar-refractivity contribution in [2.45, 2.75) is 6.92 Å². The molecule has 1 aliphatic heterocycles. The number of hydrogen-bond donors (Lipinski definition) is 0. The van der Waals surface area contributed by atoms with Gasteiger partial charge < -0.3 is 9.47 Å². The summed E-state index contributed by atoms with van der Waals surface area (Å²) >= 11 is 11.1. The molecular weight excluding hydrogens is 538 g/mol. The molecule has 4 aromatic rings. The molecule has 3 aromatic carbocycles. The van der Waals surface area contributed by atoms with Crippen molar-refractivity contribution < 1.29 is 19.1 Å². The Hall–Kier alpha value is -3.26. The van der Waals surface area contributed by atoms with Crippen molar-refractivity contribution >= 4 is 72.9 Å². The van der Waals surface area contributed by atoms with E-state index in [-0.39, 0.29) is 17.3 Å². The van der Waals surface area contributed by atoms with Crippen LogP contribution in [0.3, 0.4) is 0 Å². The maximum Gasteiger partial charge on any atom is 0.363 e. The van der Waals surface area contributed by atoms with Gasteiger partial charge in [0.05, 0.1) is 5.02 Å². The van der Waals surface area contributed by atoms with Crippen LogP contribution in [0.15, 0.2) is 81.9 Å². The lowest BCUT2D eigenvalue weighted by Gasteiger charge is -2.08. The summed E-state index contributed by atoms with van der Waals surface area (Å²) in [5.74, 6) is -0.667. The highest BCUT2D eigenvalue weighted by Gasteiger charge is 2.25. The summed E-state index contributed by atoms with van der Waals surface area (Å²) in [6, 6.07) is 20.1. The van der Waals surface area contributed by atoms with Crippen LogP contribution < -0.4 is 4.74 Å². The second-order valence-electron chi connectivity index (χ2n) is 7.52. The first-order valence-electron chi connectivity index (χ1n) is 10.2. The van der Waals surface area contributed by atoms with E-state index >= 15 is 0 Å². The maximum absolute atomic E-state index is 13.0. The highest BCUT2D eigenvalue weighted by Crippen LogP contribution is 2.36. The van der Waals surface area contributed by atoms with Gasteiger partial charge in [0.25, 0.3) is 0 Å². The molecule has 0 fully saturated rings. The molecule has 0 aliphatic carbocycles. The molecule has 0 radical (unpaired) electrons. The molecule has 0 bridgehead atoms. The van der Waals surface area contributed by atoms with Gasteiger partial charge in [-0.15, -0.1) is 11.3 Å². The molecule has 0 saturated heterocycles. The van der Waals surface area contributed by atoms with Crippen LogP contribution in [-0.2, 0) is 9.53 Å². The molecule has 168 valence electrons. The Morgan fingerprint density at radius 2 is 1.94 bits per heavy atom. The van der Waals surface area contributed by atoms with Crippen molar-refractivity contribution in [1.29, 1.82) is 0 Å². The van der Waals surface area contributed by atoms with Gasteiger partial charge in [0.15, 0.2) is 5.70 Å². The van der Waals surface area contributed by atoms with Gasteiger partial charge in [-0.25, -0.2) is 14.6 Å². The summed E-state index contributed by atoms with van der Waals surface area (Å²) in [6.45, 7) is 1.95. The Morgan fingerprint density at radius 3 is 2.74 bits per heavy atom. The van der Waals surface area contributed by atoms with Crippen molar-refractivity contribution in [3.8, 4) is 5.75 Å². The van der Waals surface area contributed by atoms with Gasteiger partial charge in [-0.1, -0.05) is 63.4 Å². The highest BCUT2D eigenvalue weighted by atomic mass is 79.9. The standard InChI is InChI=1S/C26H15BrClNO4S/c1-14-5-4-6-15(11-14)24-29-19(25(30)33-24)13-16-12-17(27)9-10-20(16)32-26(31)23-22(28)18-7-2-3-8-21(18)34-23/h2-13H,1H3/b19-13+. The number of aryl methyl sites for hydroxylation is 1. The molecule has 1 aliphatic rings. The summed E-state index contributed by atoms with van der Waals surface area (Å²) in [4.78, 5) is 30.1. The normalized spacial score (nSPS) is 14.4. The number of hydrogen-bond acceptors (Lipinski definition) is 6. The van der Waals surface area contributed by atoms with Gasteiger partial charge in [-0.3, -0.25) is 0 Å². The Bertz CT molecular complexity index is 1540. The Labute approximate surface area is 212 Å². The Balaban J connectivity index is 1.48. The van der Waals surface area contributed by atoms with Gasteiger partial charge in [0, 0.05) is 25.7 Å². The van der Waals surface area contributed by atoms with E-state index in [0.29, 0.717) is 21.0 Å². The van der Waals surface area contributed by atoms with Crippen LogP contribution >= 0.6 is 38.9 Å². The van der Waals surface area contributed by atoms with Crippen molar-refractivity contribution in [3.63, 3.8) is 0 Å². The number of fused-ring (bicyclic) bond motifs is 1. The minimum atomic E-state index is -0.582. The quantitative estimate of drug-likeness (QED) is 0.153. The van der Waals surface area contributed by atoms with Crippen LogP contribution in [0.25, 0.3) is 16.2 Å². The molecule has 0 spiro atoms. The van der Waals surface area contributed by atoms with Gasteiger partial charge in [-0.2, -0.15) is 0 Å². The summed E-state index contributed by atoms with van der Waals surface area (Å²) in [6.07, 6.45) is 1.53. The molecule has 0 amide bonds. The molecule has 8 heteroatoms. The minimum Gasteiger partial charge on any atom is -0.422 e. The van der Waals surface area contributed by atoms with E-state index in [1.807, 2.05) is 55.5 Å². The van der Waals surface area contributed by atoms with E-state index in [1.54, 1.807) is 18.2 Å². The lowest BCUT2D eigenvalue weighted by atomic mass is 10.1. The zero-order valence-corrected chi connectivity index (χ0v) is 20.8. The number of carbonyl (C=O) groups excluding carboxylic acids is 2. The van der Waals surface area contributed by atoms with Crippen LogP contribution in [-0.4, -0.2) is 17.8 Å². The van der Waals surface area contributed by atoms with Crippen molar-refractivity contribution in [2.24, 2.45) is 4.99 Å². The Morgan fingerprint density at radius 1 is 1.12 bits per heavy atom. The number of esters is 2. The molecule has 0 atom stereocenters. The predicted octanol–water partition coefficient (Wildman–Crippen LogP) is 7.19. The second-order valence-corrected chi connectivity index (χ2v) is 9.86. The van der Waals surface area contributed by atoms with Gasteiger partial charge in [0.2, 0.25) is 5.90 Å². The SMILES string of the molecule is Cc1cccc(C2=N/C(=C/c3cc(Br)ccc3OC(=O)c3sc4ccccc4c3Cl)C(=O)O2)c1. The fraction of sp³-hybridized carbons (Fsp3) is 0.0385. The zero-order chi connectivity index (χ0) is 23.8. The third kappa shape index (κ3) is 4.42. The number of nitrogens with zero attached hydrogens (tertiary/aromatic N) is 1. The highest BCUT2D eigenvalue weighted by molar-refractivity contribution is 9.10. The monoisotopic (exact) mass is 551 g/mol. The second kappa shape index (κ2) is 9.18. The van der Waals surface area contributed by atoms with E-state index in [4.69, 9.17) is 21.1 Å². The number of ether oxygens (including phenoxy) is 2. The van der Waals surface area contributed by atoms with Crippen LogP contribution in [0, 0.1) is 6.92 Å². The fourth-order valence-electron chi connectivity index (χ4n) is 3.47. The molecule has 5 rings (SSSR count). The van der Waals surface area contributed by atoms with Crippen LogP contribution in [0.1, 0.15) is 26.4 Å². The first-order valence-corrected chi connectivity index (χ1v) is 12.2. The number of rotatable bonds is 4. The summed E-state index contributed by atoms with van der Waals surface area (Å²) in [5, 5.41) is 1.15. The lowest BCUT2D eigenvalue weighted by Crippen LogP contribution is -2.08. The number of aliphatic imine (C=N–C) groups is 1. The van der Waals surface area contributed by atoms with E-state index in [9.17, 15) is 9.59 Å². The number of thiophene rings is 1. The largest absolute Gasteiger partial charge is 0.422 e. The van der Waals surface area contributed by atoms with Crippen LogP contribution in [0.4, 0.5) is 0 Å². The average Bonchev–Trinajstić information content (AvgIpc) is 3.35. The van der Waals surface area contributed by atoms with Gasteiger partial charge in [0.1, 0.15) is 10.6 Å². The smallest absolute Gasteiger partial charge is 0.363 e. The Kier molecular flexibility index (Phi) is 6.08. The van der Waals surface area contributed by atoms with Crippen LogP contribution in [0.2, 0.25) is 5.02 Å². The van der Waals surface area contributed by atoms with E-state index in [0.717, 1.165) is 20.1 Å². The number of cyclic esters (lactones) is 1. The third-order valence-electron chi connectivity index (χ3n) is 5.07. The van der Waals surface area contributed by atoms with Crippen molar-refractivity contribution in [3.05, 3.63) is 103 Å². The van der Waals surface area contributed by atoms with Gasteiger partial charge in [-0.05, 0) is 49.4 Å². The molecule has 0 unspecified atom stereocenters. The molecule has 1 aromatic heterocycles. The summed E-state index contributed by atoms with van der Waals surface area (Å²) in [7, 11) is 0. The summed E-state index contributed by atoms with van der Waals surface area (Å²) < 4.78 is 12.7. The van der Waals surface area contributed by atoms with Gasteiger partial charge >= 0.3 is 11.9 Å². The lowest BCUT2D eigenvalue weighted by molar-refractivity contribution is -0.129. The first-order chi connectivity index (χ1) is 16.4. The zero-order valence-electron chi connectivity index (χ0n) is 17.7. The number of benzene rings is 3. The molecule has 0 N–H and O–H groups in total. The number of halogens is 2. The maximum atomic E-state index is 13.0. The topological polar surface area (TPSA) is 65.0 Å². The van der Waals surface area contributed by atoms with Crippen LogP contribution in [0.5, 0.6) is 5.75 Å². The predicted molar refractivity (Wildman–Crippen MR) is 138 cm³/mol. The minimum absolute atomic E-state index is 0.104. The van der Waals surface area contributed by atoms with E-state index < -0.39 is 11.9 Å². The first kappa shape index (κ1) is 22.5. The fourth-order valence-corrected chi connectivity index (χ4v) is 5.24.